The zero-order valence-electron chi connectivity index (χ0n) is 9.06. The van der Waals surface area contributed by atoms with E-state index in [2.05, 4.69) is 0 Å². The molecule has 0 fully saturated rings. The third kappa shape index (κ3) is 2.46. The van der Waals surface area contributed by atoms with Gasteiger partial charge in [-0.3, -0.25) is 0 Å². The number of rotatable bonds is 3. The molecule has 0 saturated carbocycles. The van der Waals surface area contributed by atoms with Gasteiger partial charge in [-0.25, -0.2) is 8.42 Å². The molecule has 0 heterocycles. The Morgan fingerprint density at radius 1 is 0.850 bits per heavy atom. The fourth-order valence-electron chi connectivity index (χ4n) is 1.10. The largest absolute Gasteiger partial charge is 0.461 e. The number of benzene rings is 1. The van der Waals surface area contributed by atoms with E-state index in [-0.39, 0.29) is 5.02 Å². The molecule has 0 aliphatic carbocycles. The Bertz CT molecular complexity index is 592. The van der Waals surface area contributed by atoms with E-state index in [1.54, 1.807) is 0 Å². The summed E-state index contributed by atoms with van der Waals surface area (Å²) in [6.07, 6.45) is -6.73. The van der Waals surface area contributed by atoms with E-state index in [0.29, 0.717) is 12.1 Å². The first kappa shape index (κ1) is 17.0. The van der Waals surface area contributed by atoms with Crippen molar-refractivity contribution < 1.29 is 39.2 Å². The molecule has 11 heteroatoms. The molecule has 1 aromatic carbocycles. The van der Waals surface area contributed by atoms with Gasteiger partial charge in [0, 0.05) is 5.02 Å². The van der Waals surface area contributed by atoms with Crippen LogP contribution in [0.3, 0.4) is 0 Å². The molecule has 1 aromatic rings. The van der Waals surface area contributed by atoms with Gasteiger partial charge in [-0.15, -0.1) is 0 Å². The van der Waals surface area contributed by atoms with Crippen LogP contribution < -0.4 is 0 Å². The van der Waals surface area contributed by atoms with Crippen LogP contribution in [0.5, 0.6) is 0 Å². The molecule has 0 saturated heterocycles. The molecule has 0 unspecified atom stereocenters. The summed E-state index contributed by atoms with van der Waals surface area (Å²) in [4.78, 5) is -1.41. The van der Waals surface area contributed by atoms with Gasteiger partial charge in [-0.1, -0.05) is 11.6 Å². The van der Waals surface area contributed by atoms with Crippen molar-refractivity contribution in [1.82, 2.24) is 0 Å². The Hall–Kier alpha value is -1.03. The van der Waals surface area contributed by atoms with Crippen molar-refractivity contribution in [2.24, 2.45) is 0 Å². The second-order valence-electron chi connectivity index (χ2n) is 3.55. The topological polar surface area (TPSA) is 34.1 Å². The lowest BCUT2D eigenvalue weighted by Crippen LogP contribution is -2.55. The van der Waals surface area contributed by atoms with Crippen molar-refractivity contribution >= 4 is 21.4 Å². The lowest BCUT2D eigenvalue weighted by molar-refractivity contribution is -0.332. The molecule has 20 heavy (non-hydrogen) atoms. The van der Waals surface area contributed by atoms with E-state index in [9.17, 15) is 39.2 Å². The number of alkyl halides is 7. The summed E-state index contributed by atoms with van der Waals surface area (Å²) in [5.41, 5.74) is 0. The third-order valence-electron chi connectivity index (χ3n) is 2.18. The Labute approximate surface area is 113 Å². The molecule has 0 spiro atoms. The highest BCUT2D eigenvalue weighted by Gasteiger charge is 2.78. The average Bonchev–Trinajstić information content (AvgIpc) is 2.27. The Morgan fingerprint density at radius 3 is 1.60 bits per heavy atom. The molecule has 0 aromatic heterocycles. The maximum absolute atomic E-state index is 13.2. The van der Waals surface area contributed by atoms with E-state index < -0.39 is 32.1 Å². The molecule has 114 valence electrons. The molecule has 0 aliphatic rings. The van der Waals surface area contributed by atoms with Crippen LogP contribution in [-0.2, 0) is 9.84 Å². The smallest absolute Gasteiger partial charge is 0.217 e. The molecule has 2 nitrogen and oxygen atoms in total. The molecule has 0 bridgehead atoms. The van der Waals surface area contributed by atoms with E-state index in [0.717, 1.165) is 12.1 Å². The molecule has 0 radical (unpaired) electrons. The zero-order chi connectivity index (χ0) is 16.0. The lowest BCUT2D eigenvalue weighted by Gasteiger charge is -2.27. The SMILES string of the molecule is O=S(=O)(c1ccc(Cl)cc1)C(F)(F)C(F)(F)C(F)(F)F. The van der Waals surface area contributed by atoms with Crippen LogP contribution in [0.4, 0.5) is 30.7 Å². The third-order valence-corrected chi connectivity index (χ3v) is 4.26. The molecule has 0 N–H and O–H groups in total. The minimum Gasteiger partial charge on any atom is -0.217 e. The summed E-state index contributed by atoms with van der Waals surface area (Å²) in [6, 6.07) is 2.32. The van der Waals surface area contributed by atoms with Crippen molar-refractivity contribution in [3.63, 3.8) is 0 Å². The van der Waals surface area contributed by atoms with Crippen molar-refractivity contribution in [3.8, 4) is 0 Å². The molecule has 0 amide bonds. The summed E-state index contributed by atoms with van der Waals surface area (Å²) in [7, 11) is -6.26. The van der Waals surface area contributed by atoms with Crippen LogP contribution in [0.2, 0.25) is 5.02 Å². The molecule has 0 aliphatic heterocycles. The van der Waals surface area contributed by atoms with Gasteiger partial charge in [-0.05, 0) is 24.3 Å². The summed E-state index contributed by atoms with van der Waals surface area (Å²) in [5, 5.41) is -6.47. The molecule has 0 atom stereocenters. The highest BCUT2D eigenvalue weighted by Crippen LogP contribution is 2.50. The van der Waals surface area contributed by atoms with E-state index in [4.69, 9.17) is 11.6 Å². The predicted octanol–water partition coefficient (Wildman–Crippen LogP) is 3.90. The maximum Gasteiger partial charge on any atom is 0.461 e. The molecular weight excluding hydrogens is 341 g/mol. The van der Waals surface area contributed by atoms with Crippen LogP contribution in [0, 0.1) is 0 Å². The first-order valence-corrected chi connectivity index (χ1v) is 6.44. The van der Waals surface area contributed by atoms with Gasteiger partial charge in [-0.2, -0.15) is 30.7 Å². The van der Waals surface area contributed by atoms with Crippen LogP contribution in [0.25, 0.3) is 0 Å². The fourth-order valence-corrected chi connectivity index (χ4v) is 2.47. The second kappa shape index (κ2) is 4.76. The monoisotopic (exact) mass is 344 g/mol. The summed E-state index contributed by atoms with van der Waals surface area (Å²) < 4.78 is 110. The Balaban J connectivity index is 3.44. The maximum atomic E-state index is 13.2. The second-order valence-corrected chi connectivity index (χ2v) is 5.97. The van der Waals surface area contributed by atoms with E-state index in [1.807, 2.05) is 0 Å². The summed E-state index contributed by atoms with van der Waals surface area (Å²) >= 11 is 5.33. The first-order chi connectivity index (χ1) is 8.75. The number of halogens is 8. The standard InChI is InChI=1S/C9H4ClF7O2S/c10-5-1-3-6(4-2-5)20(18,19)9(16,17)7(11,12)8(13,14)15/h1-4H. The molecular formula is C9H4ClF7O2S. The average molecular weight is 345 g/mol. The molecule has 1 rings (SSSR count). The van der Waals surface area contributed by atoms with Gasteiger partial charge < -0.3 is 0 Å². The van der Waals surface area contributed by atoms with Gasteiger partial charge in [0.1, 0.15) is 0 Å². The quantitative estimate of drug-likeness (QED) is 0.779. The van der Waals surface area contributed by atoms with Crippen LogP contribution in [0.1, 0.15) is 0 Å². The lowest BCUT2D eigenvalue weighted by atomic mass is 10.3. The van der Waals surface area contributed by atoms with E-state index in [1.165, 1.54) is 0 Å². The normalized spacial score (nSPS) is 14.4. The zero-order valence-corrected chi connectivity index (χ0v) is 10.6. The van der Waals surface area contributed by atoms with Gasteiger partial charge in [0.25, 0.3) is 0 Å². The van der Waals surface area contributed by atoms with Crippen LogP contribution in [0.15, 0.2) is 29.2 Å². The van der Waals surface area contributed by atoms with Crippen molar-refractivity contribution in [2.75, 3.05) is 0 Å². The highest BCUT2D eigenvalue weighted by molar-refractivity contribution is 7.92. The Kier molecular flexibility index (Phi) is 4.05. The van der Waals surface area contributed by atoms with E-state index >= 15 is 0 Å². The predicted molar refractivity (Wildman–Crippen MR) is 54.6 cm³/mol. The Morgan fingerprint density at radius 2 is 1.25 bits per heavy atom. The van der Waals surface area contributed by atoms with Crippen LogP contribution in [-0.4, -0.2) is 25.8 Å². The highest BCUT2D eigenvalue weighted by atomic mass is 35.5. The van der Waals surface area contributed by atoms with Gasteiger partial charge in [0.05, 0.1) is 4.90 Å². The minimum absolute atomic E-state index is 0.116. The van der Waals surface area contributed by atoms with Crippen molar-refractivity contribution in [2.45, 2.75) is 22.2 Å². The summed E-state index contributed by atoms with van der Waals surface area (Å²) in [5.74, 6) is -6.74. The fraction of sp³-hybridized carbons (Fsp3) is 0.333. The number of sulfone groups is 1. The number of hydrogen-bond donors (Lipinski definition) is 0. The van der Waals surface area contributed by atoms with Gasteiger partial charge in [0.2, 0.25) is 9.84 Å². The van der Waals surface area contributed by atoms with Crippen molar-refractivity contribution in [1.29, 1.82) is 0 Å². The number of hydrogen-bond acceptors (Lipinski definition) is 2. The summed E-state index contributed by atoms with van der Waals surface area (Å²) in [6.45, 7) is 0. The van der Waals surface area contributed by atoms with Gasteiger partial charge in [0.15, 0.2) is 0 Å². The first-order valence-electron chi connectivity index (χ1n) is 4.57. The van der Waals surface area contributed by atoms with Crippen LogP contribution >= 0.6 is 11.6 Å². The van der Waals surface area contributed by atoms with Gasteiger partial charge >= 0.3 is 17.4 Å². The minimum atomic E-state index is -6.74. The van der Waals surface area contributed by atoms with Crippen molar-refractivity contribution in [3.05, 3.63) is 29.3 Å².